The normalized spacial score (nSPS) is 10.5. The summed E-state index contributed by atoms with van der Waals surface area (Å²) in [6, 6.07) is 23.9. The molecule has 0 fully saturated rings. The monoisotopic (exact) mass is 1330 g/mol. The average Bonchev–Trinajstić information content (AvgIpc) is 3.64. The maximum absolute atomic E-state index is 11.7. The summed E-state index contributed by atoms with van der Waals surface area (Å²) in [7, 11) is 4.98. The third-order valence-electron chi connectivity index (χ3n) is 11.5. The molecule has 0 radical (unpaired) electrons. The van der Waals surface area contributed by atoms with E-state index in [0.717, 1.165) is 6.07 Å². The standard InChI is InChI=1S/C12H16N2O4.C12H12N2O4.C11H12BrNO4.C9H8BrNO4.C8H6BrNO4/c2*1-12(2,11(15)18-3)9-5-4-8(7-13)6-10(9)14(16)17;1-11(2,10(14)17-3)8-5-4-7(12)6-9(8)13(15)16;1-15-9(12)4-6-2-3-7(10)5-8(6)11(13)14;9-6-2-1-5(3-8(11)12)7(4-6)10(13)14/h4-6H,7,13H2,1-3H3;4-6H,1-3H3;4-6H,1-3H3;2-3,5H,4H2,1H3;1-2,4H,3H2,(H,11,12). The maximum Gasteiger partial charge on any atom is 0.315 e. The van der Waals surface area contributed by atoms with Gasteiger partial charge in [0.25, 0.3) is 28.4 Å². The van der Waals surface area contributed by atoms with Gasteiger partial charge in [0.2, 0.25) is 0 Å². The summed E-state index contributed by atoms with van der Waals surface area (Å²) < 4.78 is 20.2. The molecular weight excluding hydrogens is 1280 g/mol. The first-order valence-corrected chi connectivity index (χ1v) is 25.4. The Kier molecular flexibility index (Phi) is 27.8. The van der Waals surface area contributed by atoms with Crippen molar-refractivity contribution < 1.29 is 72.6 Å². The number of carbonyl (C=O) groups excluding carboxylic acids is 4. The van der Waals surface area contributed by atoms with E-state index in [9.17, 15) is 74.5 Å². The van der Waals surface area contributed by atoms with Gasteiger partial charge in [0.15, 0.2) is 0 Å². The van der Waals surface area contributed by atoms with Crippen molar-refractivity contribution in [2.75, 3.05) is 28.4 Å². The number of rotatable bonds is 16. The Morgan fingerprint density at radius 2 is 0.817 bits per heavy atom. The van der Waals surface area contributed by atoms with Gasteiger partial charge in [-0.1, -0.05) is 72.1 Å². The summed E-state index contributed by atoms with van der Waals surface area (Å²) in [6.07, 6.45) is -0.441. The van der Waals surface area contributed by atoms with E-state index < -0.39 is 70.7 Å². The number of nitrogens with zero attached hydrogens (tertiary/aromatic N) is 6. The van der Waals surface area contributed by atoms with Crippen molar-refractivity contribution in [1.82, 2.24) is 0 Å². The Bertz CT molecular complexity index is 3290. The van der Waals surface area contributed by atoms with Gasteiger partial charge in [-0.2, -0.15) is 5.26 Å². The highest BCUT2D eigenvalue weighted by Gasteiger charge is 2.39. The molecule has 0 amide bonds. The van der Waals surface area contributed by atoms with Crippen molar-refractivity contribution in [3.63, 3.8) is 0 Å². The fourth-order valence-corrected chi connectivity index (χ4v) is 8.09. The number of nitro benzene ring substituents is 5. The van der Waals surface area contributed by atoms with E-state index in [0.29, 0.717) is 35.7 Å². The zero-order chi connectivity index (χ0) is 63.2. The molecule has 0 aliphatic carbocycles. The van der Waals surface area contributed by atoms with Crippen LogP contribution in [0.5, 0.6) is 0 Å². The number of esters is 4. The lowest BCUT2D eigenvalue weighted by Crippen LogP contribution is -2.31. The maximum atomic E-state index is 11.7. The summed E-state index contributed by atoms with van der Waals surface area (Å²) in [5.74, 6) is -3.19. The first kappa shape index (κ1) is 71.4. The minimum atomic E-state index is -1.15. The number of carboxylic acids is 1. The van der Waals surface area contributed by atoms with Crippen molar-refractivity contribution in [1.29, 1.82) is 5.26 Å². The fourth-order valence-electron chi connectivity index (χ4n) is 7.05. The number of carboxylic acid groups (broad SMARTS) is 1. The van der Waals surface area contributed by atoms with Crippen LogP contribution in [-0.2, 0) is 78.6 Å². The number of hydrogen-bond donors (Lipinski definition) is 2. The van der Waals surface area contributed by atoms with E-state index >= 15 is 0 Å². The van der Waals surface area contributed by atoms with Gasteiger partial charge in [-0.05, 0) is 83.5 Å². The highest BCUT2D eigenvalue weighted by atomic mass is 79.9. The van der Waals surface area contributed by atoms with Crippen LogP contribution >= 0.6 is 47.8 Å². The fraction of sp³-hybridized carbons (Fsp3) is 0.308. The SMILES string of the molecule is COC(=O)C(C)(C)c1ccc(Br)cc1[N+](=O)[O-].COC(=O)C(C)(C)c1ccc(C#N)cc1[N+](=O)[O-].COC(=O)C(C)(C)c1ccc(CN)cc1[N+](=O)[O-].COC(=O)Cc1ccc(Br)cc1[N+](=O)[O-].O=C(O)Cc1ccc(Br)cc1[N+](=O)[O-]. The smallest absolute Gasteiger partial charge is 0.315 e. The van der Waals surface area contributed by atoms with Gasteiger partial charge < -0.3 is 29.8 Å². The number of benzene rings is 5. The Labute approximate surface area is 492 Å². The number of ether oxygens (including phenoxy) is 4. The molecule has 5 aromatic carbocycles. The molecule has 3 N–H and O–H groups in total. The van der Waals surface area contributed by atoms with E-state index in [-0.39, 0.29) is 64.5 Å². The van der Waals surface area contributed by atoms with Crippen LogP contribution in [0.4, 0.5) is 28.4 Å². The first-order valence-electron chi connectivity index (χ1n) is 23.0. The Hall–Kier alpha value is -8.66. The van der Waals surface area contributed by atoms with Gasteiger partial charge >= 0.3 is 29.8 Å². The number of nitro groups is 5. The zero-order valence-electron chi connectivity index (χ0n) is 45.4. The molecule has 0 aliphatic rings. The van der Waals surface area contributed by atoms with Crippen LogP contribution in [0.15, 0.2) is 104 Å². The number of nitriles is 1. The lowest BCUT2D eigenvalue weighted by molar-refractivity contribution is -0.386. The molecule has 5 rings (SSSR count). The van der Waals surface area contributed by atoms with Gasteiger partial charge in [0.1, 0.15) is 0 Å². The molecule has 0 bridgehead atoms. The highest BCUT2D eigenvalue weighted by Crippen LogP contribution is 2.36. The van der Waals surface area contributed by atoms with E-state index in [1.54, 1.807) is 64.1 Å². The second-order valence-electron chi connectivity index (χ2n) is 18.1. The molecule has 27 nitrogen and oxygen atoms in total. The third-order valence-corrected chi connectivity index (χ3v) is 13.0. The number of hydrogen-bond acceptors (Lipinski definition) is 21. The summed E-state index contributed by atoms with van der Waals surface area (Å²) >= 11 is 9.37. The molecule has 0 spiro atoms. The average molecular weight is 1340 g/mol. The highest BCUT2D eigenvalue weighted by molar-refractivity contribution is 9.11. The van der Waals surface area contributed by atoms with Crippen LogP contribution in [0.25, 0.3) is 0 Å². The van der Waals surface area contributed by atoms with Crippen molar-refractivity contribution in [2.24, 2.45) is 5.73 Å². The van der Waals surface area contributed by atoms with Crippen LogP contribution in [0.2, 0.25) is 0 Å². The topological polar surface area (TPSA) is 408 Å². The van der Waals surface area contributed by atoms with E-state index in [2.05, 4.69) is 66.7 Å². The molecule has 0 atom stereocenters. The minimum Gasteiger partial charge on any atom is -0.481 e. The molecule has 0 saturated carbocycles. The van der Waals surface area contributed by atoms with Gasteiger partial charge in [-0.3, -0.25) is 74.5 Å². The molecule has 5 aromatic rings. The van der Waals surface area contributed by atoms with Crippen LogP contribution in [0.3, 0.4) is 0 Å². The Balaban J connectivity index is 0.000000514. The summed E-state index contributed by atoms with van der Waals surface area (Å²) in [5, 5.41) is 71.5. The van der Waals surface area contributed by atoms with Crippen molar-refractivity contribution >= 4 is 106 Å². The van der Waals surface area contributed by atoms with Crippen LogP contribution in [0, 0.1) is 61.9 Å². The molecule has 0 aromatic heterocycles. The number of carbonyl (C=O) groups is 5. The lowest BCUT2D eigenvalue weighted by atomic mass is 9.83. The van der Waals surface area contributed by atoms with Crippen LogP contribution in [-0.4, -0.2) is 88.0 Å². The summed E-state index contributed by atoms with van der Waals surface area (Å²) in [6.45, 7) is 9.64. The molecule has 438 valence electrons. The van der Waals surface area contributed by atoms with Crippen LogP contribution < -0.4 is 5.73 Å². The number of halogens is 3. The van der Waals surface area contributed by atoms with Gasteiger partial charge in [-0.15, -0.1) is 0 Å². The second-order valence-corrected chi connectivity index (χ2v) is 20.8. The van der Waals surface area contributed by atoms with Crippen molar-refractivity contribution in [2.45, 2.75) is 77.2 Å². The lowest BCUT2D eigenvalue weighted by Gasteiger charge is -2.22. The number of nitrogens with two attached hydrogens (primary N) is 1. The van der Waals surface area contributed by atoms with Gasteiger partial charge in [0.05, 0.1) is 93.8 Å². The van der Waals surface area contributed by atoms with Gasteiger partial charge in [-0.25, -0.2) is 0 Å². The number of aliphatic carboxylic acids is 1. The number of methoxy groups -OCH3 is 4. The van der Waals surface area contributed by atoms with Crippen molar-refractivity contribution in [3.8, 4) is 6.07 Å². The minimum absolute atomic E-state index is 0.0882. The van der Waals surface area contributed by atoms with E-state index in [4.69, 9.17) is 16.1 Å². The van der Waals surface area contributed by atoms with Crippen molar-refractivity contribution in [3.05, 3.63) is 194 Å². The molecular formula is C52H54Br3N7O20. The quantitative estimate of drug-likeness (QED) is 0.0401. The predicted molar refractivity (Wildman–Crippen MR) is 303 cm³/mol. The third kappa shape index (κ3) is 20.2. The molecule has 30 heteroatoms. The molecule has 0 heterocycles. The Morgan fingerprint density at radius 1 is 0.500 bits per heavy atom. The molecule has 0 unspecified atom stereocenters. The second kappa shape index (κ2) is 32.0. The molecule has 82 heavy (non-hydrogen) atoms. The largest absolute Gasteiger partial charge is 0.481 e. The van der Waals surface area contributed by atoms with Crippen LogP contribution in [0.1, 0.15) is 80.5 Å². The predicted octanol–water partition coefficient (Wildman–Crippen LogP) is 10.3. The van der Waals surface area contributed by atoms with E-state index in [1.165, 1.54) is 90.8 Å². The summed E-state index contributed by atoms with van der Waals surface area (Å²) in [4.78, 5) is 108. The van der Waals surface area contributed by atoms with E-state index in [1.807, 2.05) is 6.07 Å². The Morgan fingerprint density at radius 3 is 1.15 bits per heavy atom. The zero-order valence-corrected chi connectivity index (χ0v) is 50.1. The molecule has 0 aliphatic heterocycles. The molecule has 0 saturated heterocycles. The first-order chi connectivity index (χ1) is 38.0. The summed E-state index contributed by atoms with van der Waals surface area (Å²) in [5.41, 5.74) is 3.65. The van der Waals surface area contributed by atoms with Gasteiger partial charge in [0, 0.05) is 78.1 Å².